The standard InChI is InChI=1S/C21H24FNO2S/c22-19-8-6-16(7-9-19)14-26-15-21(25)23-11-10-20(18(12-23)13-24)17-4-2-1-3-5-17/h1-9,18,20,24H,10-15H2/t18-,20+/m0/s1. The van der Waals surface area contributed by atoms with Gasteiger partial charge in [0.2, 0.25) is 5.91 Å². The molecule has 0 aromatic heterocycles. The minimum absolute atomic E-state index is 0.0807. The number of aliphatic hydroxyl groups excluding tert-OH is 1. The van der Waals surface area contributed by atoms with E-state index in [2.05, 4.69) is 12.1 Å². The van der Waals surface area contributed by atoms with Crippen molar-refractivity contribution in [2.24, 2.45) is 5.92 Å². The van der Waals surface area contributed by atoms with Crippen LogP contribution in [0.3, 0.4) is 0 Å². The van der Waals surface area contributed by atoms with Crippen molar-refractivity contribution in [2.45, 2.75) is 18.1 Å². The van der Waals surface area contributed by atoms with Crippen LogP contribution in [0.25, 0.3) is 0 Å². The third kappa shape index (κ3) is 4.86. The SMILES string of the molecule is O=C(CSCc1ccc(F)cc1)N1CC[C@H](c2ccccc2)[C@H](CO)C1. The molecule has 3 rings (SSSR count). The molecule has 1 aliphatic rings. The van der Waals surface area contributed by atoms with Crippen molar-refractivity contribution >= 4 is 17.7 Å². The Labute approximate surface area is 158 Å². The van der Waals surface area contributed by atoms with Crippen LogP contribution in [0.1, 0.15) is 23.5 Å². The number of thioether (sulfide) groups is 1. The van der Waals surface area contributed by atoms with Gasteiger partial charge in [-0.2, -0.15) is 0 Å². The lowest BCUT2D eigenvalue weighted by atomic mass is 9.81. The fourth-order valence-corrected chi connectivity index (χ4v) is 4.40. The minimum Gasteiger partial charge on any atom is -0.396 e. The molecule has 1 heterocycles. The molecule has 0 radical (unpaired) electrons. The molecule has 2 aromatic carbocycles. The van der Waals surface area contributed by atoms with E-state index in [0.29, 0.717) is 24.0 Å². The number of nitrogens with zero attached hydrogens (tertiary/aromatic N) is 1. The van der Waals surface area contributed by atoms with Crippen LogP contribution in [0.5, 0.6) is 0 Å². The van der Waals surface area contributed by atoms with Crippen LogP contribution in [0.15, 0.2) is 54.6 Å². The maximum Gasteiger partial charge on any atom is 0.232 e. The van der Waals surface area contributed by atoms with Crippen LogP contribution in [0, 0.1) is 11.7 Å². The number of carbonyl (C=O) groups is 1. The van der Waals surface area contributed by atoms with Gasteiger partial charge in [-0.15, -0.1) is 11.8 Å². The van der Waals surface area contributed by atoms with Gasteiger partial charge >= 0.3 is 0 Å². The highest BCUT2D eigenvalue weighted by Crippen LogP contribution is 2.33. The van der Waals surface area contributed by atoms with Gasteiger partial charge < -0.3 is 10.0 Å². The molecule has 0 aliphatic carbocycles. The van der Waals surface area contributed by atoms with Gasteiger partial charge in [-0.1, -0.05) is 42.5 Å². The number of hydrogen-bond donors (Lipinski definition) is 1. The average molecular weight is 373 g/mol. The van der Waals surface area contributed by atoms with E-state index >= 15 is 0 Å². The second-order valence-corrected chi connectivity index (χ2v) is 7.69. The van der Waals surface area contributed by atoms with Gasteiger partial charge in [0.1, 0.15) is 5.82 Å². The van der Waals surface area contributed by atoms with Crippen LogP contribution in [0.2, 0.25) is 0 Å². The number of aliphatic hydroxyl groups is 1. The summed E-state index contributed by atoms with van der Waals surface area (Å²) in [5.41, 5.74) is 2.25. The summed E-state index contributed by atoms with van der Waals surface area (Å²) in [5, 5.41) is 9.80. The molecular weight excluding hydrogens is 349 g/mol. The number of halogens is 1. The van der Waals surface area contributed by atoms with E-state index in [1.54, 1.807) is 23.9 Å². The molecule has 138 valence electrons. The Morgan fingerprint density at radius 2 is 1.88 bits per heavy atom. The molecule has 0 spiro atoms. The number of benzene rings is 2. The van der Waals surface area contributed by atoms with Crippen molar-refractivity contribution in [1.29, 1.82) is 0 Å². The van der Waals surface area contributed by atoms with E-state index in [1.165, 1.54) is 17.7 Å². The first-order chi connectivity index (χ1) is 12.7. The second kappa shape index (κ2) is 9.19. The van der Waals surface area contributed by atoms with Crippen LogP contribution in [-0.2, 0) is 10.5 Å². The molecule has 2 aromatic rings. The highest BCUT2D eigenvalue weighted by molar-refractivity contribution is 7.99. The fourth-order valence-electron chi connectivity index (χ4n) is 3.51. The lowest BCUT2D eigenvalue weighted by molar-refractivity contribution is -0.130. The molecule has 2 atom stereocenters. The monoisotopic (exact) mass is 373 g/mol. The van der Waals surface area contributed by atoms with Crippen LogP contribution >= 0.6 is 11.8 Å². The zero-order valence-electron chi connectivity index (χ0n) is 14.7. The van der Waals surface area contributed by atoms with E-state index in [1.807, 2.05) is 23.1 Å². The largest absolute Gasteiger partial charge is 0.396 e. The van der Waals surface area contributed by atoms with Crippen LogP contribution < -0.4 is 0 Å². The Balaban J connectivity index is 1.50. The summed E-state index contributed by atoms with van der Waals surface area (Å²) in [6.07, 6.45) is 0.879. The Morgan fingerprint density at radius 1 is 1.15 bits per heavy atom. The Bertz CT molecular complexity index is 708. The van der Waals surface area contributed by atoms with Crippen molar-refractivity contribution in [3.8, 4) is 0 Å². The molecule has 5 heteroatoms. The zero-order valence-corrected chi connectivity index (χ0v) is 15.5. The summed E-state index contributed by atoms with van der Waals surface area (Å²) in [5.74, 6) is 1.35. The third-order valence-corrected chi connectivity index (χ3v) is 5.94. The third-order valence-electron chi connectivity index (χ3n) is 4.96. The van der Waals surface area contributed by atoms with Gasteiger partial charge in [-0.25, -0.2) is 4.39 Å². The quantitative estimate of drug-likeness (QED) is 0.840. The number of rotatable bonds is 6. The average Bonchev–Trinajstić information content (AvgIpc) is 2.69. The first-order valence-corrected chi connectivity index (χ1v) is 10.1. The first-order valence-electron chi connectivity index (χ1n) is 8.93. The van der Waals surface area contributed by atoms with Crippen molar-refractivity contribution < 1.29 is 14.3 Å². The van der Waals surface area contributed by atoms with Gasteiger partial charge in [-0.3, -0.25) is 4.79 Å². The number of hydrogen-bond acceptors (Lipinski definition) is 3. The topological polar surface area (TPSA) is 40.5 Å². The predicted octanol–water partition coefficient (Wildman–Crippen LogP) is 3.68. The van der Waals surface area contributed by atoms with Gasteiger partial charge in [0.25, 0.3) is 0 Å². The van der Waals surface area contributed by atoms with Gasteiger partial charge in [0.05, 0.1) is 5.75 Å². The molecule has 1 aliphatic heterocycles. The lowest BCUT2D eigenvalue weighted by Gasteiger charge is -2.38. The molecule has 1 fully saturated rings. The molecule has 0 unspecified atom stereocenters. The first kappa shape index (κ1) is 18.9. The highest BCUT2D eigenvalue weighted by Gasteiger charge is 2.31. The summed E-state index contributed by atoms with van der Waals surface area (Å²) in [6, 6.07) is 16.6. The molecule has 3 nitrogen and oxygen atoms in total. The number of piperidine rings is 1. The molecule has 0 bridgehead atoms. The van der Waals surface area contributed by atoms with Crippen LogP contribution in [-0.4, -0.2) is 41.4 Å². The Hall–Kier alpha value is -1.85. The second-order valence-electron chi connectivity index (χ2n) is 6.71. The van der Waals surface area contributed by atoms with E-state index in [-0.39, 0.29) is 24.2 Å². The van der Waals surface area contributed by atoms with Gasteiger partial charge in [-0.05, 0) is 35.6 Å². The molecule has 26 heavy (non-hydrogen) atoms. The molecule has 0 saturated carbocycles. The van der Waals surface area contributed by atoms with Crippen molar-refractivity contribution in [1.82, 2.24) is 4.90 Å². The molecule has 1 N–H and O–H groups in total. The zero-order chi connectivity index (χ0) is 18.4. The fraction of sp³-hybridized carbons (Fsp3) is 0.381. The number of amides is 1. The summed E-state index contributed by atoms with van der Waals surface area (Å²) >= 11 is 1.54. The summed E-state index contributed by atoms with van der Waals surface area (Å²) in [7, 11) is 0. The van der Waals surface area contributed by atoms with Crippen molar-refractivity contribution in [3.63, 3.8) is 0 Å². The smallest absolute Gasteiger partial charge is 0.232 e. The van der Waals surface area contributed by atoms with E-state index < -0.39 is 0 Å². The van der Waals surface area contributed by atoms with Crippen molar-refractivity contribution in [3.05, 3.63) is 71.5 Å². The molecule has 1 amide bonds. The summed E-state index contributed by atoms with van der Waals surface area (Å²) in [6.45, 7) is 1.42. The number of carbonyl (C=O) groups excluding carboxylic acids is 1. The summed E-state index contributed by atoms with van der Waals surface area (Å²) in [4.78, 5) is 14.4. The van der Waals surface area contributed by atoms with Gasteiger partial charge in [0.15, 0.2) is 0 Å². The number of likely N-dealkylation sites (tertiary alicyclic amines) is 1. The normalized spacial score (nSPS) is 20.2. The summed E-state index contributed by atoms with van der Waals surface area (Å²) < 4.78 is 12.9. The minimum atomic E-state index is -0.244. The molecular formula is C21H24FNO2S. The van der Waals surface area contributed by atoms with Crippen molar-refractivity contribution in [2.75, 3.05) is 25.4 Å². The molecule has 1 saturated heterocycles. The highest BCUT2D eigenvalue weighted by atomic mass is 32.2. The predicted molar refractivity (Wildman–Crippen MR) is 104 cm³/mol. The van der Waals surface area contributed by atoms with E-state index in [0.717, 1.165) is 18.5 Å². The van der Waals surface area contributed by atoms with E-state index in [4.69, 9.17) is 0 Å². The maximum atomic E-state index is 12.9. The van der Waals surface area contributed by atoms with Crippen LogP contribution in [0.4, 0.5) is 4.39 Å². The Morgan fingerprint density at radius 3 is 2.58 bits per heavy atom. The van der Waals surface area contributed by atoms with E-state index in [9.17, 15) is 14.3 Å². The lowest BCUT2D eigenvalue weighted by Crippen LogP contribution is -2.45. The van der Waals surface area contributed by atoms with Gasteiger partial charge in [0, 0.05) is 31.4 Å². The Kier molecular flexibility index (Phi) is 6.69. The maximum absolute atomic E-state index is 12.9.